The number of alkyl halides is 1. The average molecular weight is 834 g/mol. The van der Waals surface area contributed by atoms with Gasteiger partial charge in [0, 0.05) is 39.0 Å². The van der Waals surface area contributed by atoms with Crippen molar-refractivity contribution in [3.63, 3.8) is 0 Å². The summed E-state index contributed by atoms with van der Waals surface area (Å²) < 4.78 is 46.2. The normalized spacial score (nSPS) is 39.4. The molecular weight excluding hydrogens is 761 g/mol. The van der Waals surface area contributed by atoms with E-state index >= 15 is 4.39 Å². The number of cyclic esters (lactones) is 1. The van der Waals surface area contributed by atoms with Gasteiger partial charge in [0.15, 0.2) is 0 Å². The number of nitrogens with zero attached hydrogens (tertiary/aromatic N) is 1. The summed E-state index contributed by atoms with van der Waals surface area (Å²) >= 11 is 0. The molecule has 1 amide bonds. The number of Topliss-reactive ketones (excluding diaryl/α,β-unsaturated/α-hetero) is 2. The van der Waals surface area contributed by atoms with E-state index in [0.717, 1.165) is 17.8 Å². The van der Waals surface area contributed by atoms with Crippen LogP contribution in [0.25, 0.3) is 0 Å². The molecular formula is C46H72FNO11. The summed E-state index contributed by atoms with van der Waals surface area (Å²) in [5.41, 5.74) is 1.17. The molecule has 14 atom stereocenters. The predicted molar refractivity (Wildman–Crippen MR) is 220 cm³/mol. The van der Waals surface area contributed by atoms with Gasteiger partial charge in [0.2, 0.25) is 5.79 Å². The fourth-order valence-corrected chi connectivity index (χ4v) is 9.50. The van der Waals surface area contributed by atoms with Crippen LogP contribution in [0.4, 0.5) is 4.39 Å². The summed E-state index contributed by atoms with van der Waals surface area (Å²) in [6, 6.07) is -1.10. The molecule has 334 valence electrons. The predicted octanol–water partition coefficient (Wildman–Crippen LogP) is 6.74. The van der Waals surface area contributed by atoms with Gasteiger partial charge in [-0.2, -0.15) is 0 Å². The number of methoxy groups -OCH3 is 2. The van der Waals surface area contributed by atoms with Crippen LogP contribution in [0.1, 0.15) is 126 Å². The first-order valence-corrected chi connectivity index (χ1v) is 21.9. The Kier molecular flexibility index (Phi) is 17.9. The highest BCUT2D eigenvalue weighted by molar-refractivity contribution is 6.39. The molecule has 0 aromatic carbocycles. The number of ether oxygens (including phenoxy) is 5. The maximum Gasteiger partial charge on any atom is 0.329 e. The molecule has 0 aromatic heterocycles. The second kappa shape index (κ2) is 21.7. The van der Waals surface area contributed by atoms with Gasteiger partial charge in [-0.1, -0.05) is 39.8 Å². The highest BCUT2D eigenvalue weighted by Gasteiger charge is 2.56. The minimum Gasteiger partial charge on any atom is -0.493 e. The summed E-state index contributed by atoms with van der Waals surface area (Å²) in [7, 11) is 2.91. The fourth-order valence-electron chi connectivity index (χ4n) is 9.50. The Morgan fingerprint density at radius 3 is 2.27 bits per heavy atom. The Bertz CT molecular complexity index is 1560. The first kappa shape index (κ1) is 48.7. The summed E-state index contributed by atoms with van der Waals surface area (Å²) in [6.45, 7) is 14.5. The molecule has 4 aliphatic rings. The summed E-state index contributed by atoms with van der Waals surface area (Å²) in [4.78, 5) is 57.8. The zero-order chi connectivity index (χ0) is 43.8. The summed E-state index contributed by atoms with van der Waals surface area (Å²) in [5.74, 6) is -7.17. The molecule has 0 radical (unpaired) electrons. The van der Waals surface area contributed by atoms with E-state index in [2.05, 4.69) is 0 Å². The third-order valence-electron chi connectivity index (χ3n) is 13.4. The van der Waals surface area contributed by atoms with E-state index in [-0.39, 0.29) is 56.0 Å². The molecule has 13 heteroatoms. The van der Waals surface area contributed by atoms with Crippen molar-refractivity contribution in [2.75, 3.05) is 20.8 Å². The first-order valence-electron chi connectivity index (χ1n) is 21.9. The Labute approximate surface area is 351 Å². The zero-order valence-corrected chi connectivity index (χ0v) is 37.1. The van der Waals surface area contributed by atoms with E-state index in [1.54, 1.807) is 26.8 Å². The number of carbonyl (C=O) groups is 4. The van der Waals surface area contributed by atoms with Crippen LogP contribution < -0.4 is 0 Å². The number of halogens is 1. The highest BCUT2D eigenvalue weighted by Crippen LogP contribution is 2.39. The molecule has 59 heavy (non-hydrogen) atoms. The molecule has 0 aromatic rings. The Hall–Kier alpha value is -2.97. The van der Waals surface area contributed by atoms with E-state index in [1.165, 1.54) is 19.1 Å². The van der Waals surface area contributed by atoms with E-state index < -0.39 is 83.9 Å². The molecule has 12 nitrogen and oxygen atoms in total. The van der Waals surface area contributed by atoms with Crippen molar-refractivity contribution in [1.29, 1.82) is 0 Å². The van der Waals surface area contributed by atoms with Crippen molar-refractivity contribution >= 4 is 23.4 Å². The summed E-state index contributed by atoms with van der Waals surface area (Å²) in [6.07, 6.45) is 4.38. The number of fused-ring (bicyclic) bond motifs is 3. The van der Waals surface area contributed by atoms with Crippen LogP contribution >= 0.6 is 0 Å². The standard InChI is InChI=1S/C46H72FNO11/c1-11-31(8)57-37-19-17-32(25-36(37)50)21-29(6)41-26(3)16-18-35(49)33(12-2)22-27(4)40(47)28(5)23-38(55-9)42-39(56-10)24-30(7)46(54,59-42)43(51)44(52)48-20-14-13-15-34(48)45(53)58-41/h11,21-22,26,28,30,32-34,36-42,50,54H,12-20,23-25H2,1-10H3. The topological polar surface area (TPSA) is 158 Å². The summed E-state index contributed by atoms with van der Waals surface area (Å²) in [5, 5.41) is 23.0. The lowest BCUT2D eigenvalue weighted by Crippen LogP contribution is -2.64. The number of carbonyl (C=O) groups excluding carboxylic acids is 4. The SMILES string of the molecule is CC=C(C)OC1CCC(C=C(C)C2OC(=O)C3CCCCN3C(=O)C(=O)C3(O)OC(C(OC)CC(C)C(F)C(C)=CC(CC)C(=O)CCC2C)C(OC)CC3C)CC1O. The maximum absolute atomic E-state index is 16.2. The quantitative estimate of drug-likeness (QED) is 0.121. The van der Waals surface area contributed by atoms with Crippen LogP contribution in [0.2, 0.25) is 0 Å². The van der Waals surface area contributed by atoms with E-state index in [4.69, 9.17) is 23.7 Å². The minimum absolute atomic E-state index is 0.0232. The molecule has 2 N–H and O–H groups in total. The Morgan fingerprint density at radius 1 is 0.966 bits per heavy atom. The number of aliphatic hydroxyl groups excluding tert-OH is 1. The van der Waals surface area contributed by atoms with Crippen molar-refractivity contribution in [3.8, 4) is 0 Å². The lowest BCUT2D eigenvalue weighted by Gasteiger charge is -2.47. The fraction of sp³-hybridized carbons (Fsp3) is 0.783. The van der Waals surface area contributed by atoms with Gasteiger partial charge in [-0.05, 0) is 127 Å². The zero-order valence-electron chi connectivity index (χ0n) is 37.1. The van der Waals surface area contributed by atoms with Crippen molar-refractivity contribution in [2.45, 2.75) is 181 Å². The maximum atomic E-state index is 16.2. The molecule has 3 heterocycles. The number of piperidine rings is 1. The number of amides is 1. The molecule has 3 fully saturated rings. The van der Waals surface area contributed by atoms with Crippen molar-refractivity contribution in [2.24, 2.45) is 29.6 Å². The number of rotatable bonds is 7. The van der Waals surface area contributed by atoms with Crippen LogP contribution in [0.5, 0.6) is 0 Å². The third-order valence-corrected chi connectivity index (χ3v) is 13.4. The third kappa shape index (κ3) is 11.7. The van der Waals surface area contributed by atoms with Gasteiger partial charge in [-0.3, -0.25) is 14.4 Å². The Morgan fingerprint density at radius 2 is 1.64 bits per heavy atom. The van der Waals surface area contributed by atoms with Gasteiger partial charge in [-0.25, -0.2) is 9.18 Å². The van der Waals surface area contributed by atoms with Crippen molar-refractivity contribution in [3.05, 3.63) is 35.1 Å². The molecule has 14 unspecified atom stereocenters. The molecule has 4 rings (SSSR count). The lowest BCUT2D eigenvalue weighted by molar-refractivity contribution is -0.302. The van der Waals surface area contributed by atoms with Crippen molar-refractivity contribution < 1.29 is 57.5 Å². The number of aliphatic hydroxyl groups is 2. The van der Waals surface area contributed by atoms with E-state index in [1.807, 2.05) is 46.8 Å². The van der Waals surface area contributed by atoms with Crippen LogP contribution in [0, 0.1) is 29.6 Å². The van der Waals surface area contributed by atoms with Crippen LogP contribution in [-0.4, -0.2) is 114 Å². The number of allylic oxidation sites excluding steroid dienone is 5. The van der Waals surface area contributed by atoms with Crippen LogP contribution in [0.15, 0.2) is 35.1 Å². The second-order valence-electron chi connectivity index (χ2n) is 17.8. The molecule has 2 bridgehead atoms. The largest absolute Gasteiger partial charge is 0.493 e. The lowest BCUT2D eigenvalue weighted by atomic mass is 9.81. The van der Waals surface area contributed by atoms with E-state index in [0.29, 0.717) is 44.1 Å². The van der Waals surface area contributed by atoms with E-state index in [9.17, 15) is 29.4 Å². The van der Waals surface area contributed by atoms with Crippen LogP contribution in [0.3, 0.4) is 0 Å². The number of ketones is 2. The van der Waals surface area contributed by atoms with Gasteiger partial charge in [0.05, 0.1) is 24.1 Å². The molecule has 1 aliphatic carbocycles. The average Bonchev–Trinajstić information content (AvgIpc) is 3.22. The minimum atomic E-state index is -2.57. The molecule has 0 spiro atoms. The smallest absolute Gasteiger partial charge is 0.329 e. The van der Waals surface area contributed by atoms with Gasteiger partial charge in [-0.15, -0.1) is 0 Å². The van der Waals surface area contributed by atoms with Gasteiger partial charge < -0.3 is 38.8 Å². The monoisotopic (exact) mass is 834 g/mol. The van der Waals surface area contributed by atoms with Crippen molar-refractivity contribution in [1.82, 2.24) is 4.90 Å². The molecule has 3 aliphatic heterocycles. The number of hydrogen-bond acceptors (Lipinski definition) is 11. The number of esters is 1. The van der Waals surface area contributed by atoms with Gasteiger partial charge in [0.1, 0.15) is 36.3 Å². The van der Waals surface area contributed by atoms with Gasteiger partial charge >= 0.3 is 5.97 Å². The first-order chi connectivity index (χ1) is 27.9. The Balaban J connectivity index is 1.73. The molecule has 2 saturated heterocycles. The van der Waals surface area contributed by atoms with Crippen LogP contribution in [-0.2, 0) is 42.9 Å². The highest BCUT2D eigenvalue weighted by atomic mass is 19.1. The molecule has 1 saturated carbocycles. The number of hydrogen-bond donors (Lipinski definition) is 2. The van der Waals surface area contributed by atoms with Gasteiger partial charge in [0.25, 0.3) is 11.7 Å². The second-order valence-corrected chi connectivity index (χ2v) is 17.8.